The van der Waals surface area contributed by atoms with Gasteiger partial charge in [-0.05, 0) is 38.7 Å². The molecule has 1 atom stereocenters. The van der Waals surface area contributed by atoms with E-state index in [9.17, 15) is 4.79 Å². The zero-order chi connectivity index (χ0) is 20.0. The van der Waals surface area contributed by atoms with Gasteiger partial charge in [0.25, 0.3) is 0 Å². The van der Waals surface area contributed by atoms with Crippen molar-refractivity contribution in [2.75, 3.05) is 42.5 Å². The molecule has 0 spiro atoms. The highest BCUT2D eigenvalue weighted by Crippen LogP contribution is 2.38. The summed E-state index contributed by atoms with van der Waals surface area (Å²) in [5, 5.41) is 4.42. The molecule has 2 aliphatic heterocycles. The van der Waals surface area contributed by atoms with E-state index in [0.29, 0.717) is 5.92 Å². The van der Waals surface area contributed by atoms with Crippen molar-refractivity contribution < 1.29 is 4.79 Å². The monoisotopic (exact) mass is 395 g/mol. The van der Waals surface area contributed by atoms with Crippen LogP contribution in [0.25, 0.3) is 0 Å². The molecular weight excluding hydrogens is 366 g/mol. The van der Waals surface area contributed by atoms with Crippen molar-refractivity contribution in [3.63, 3.8) is 0 Å². The summed E-state index contributed by atoms with van der Waals surface area (Å²) in [4.78, 5) is 29.1. The van der Waals surface area contributed by atoms with Crippen LogP contribution < -0.4 is 9.80 Å². The molecule has 2 saturated heterocycles. The summed E-state index contributed by atoms with van der Waals surface area (Å²) in [5.41, 5.74) is 0.946. The molecule has 154 valence electrons. The number of aromatic nitrogens is 4. The van der Waals surface area contributed by atoms with Gasteiger partial charge in [-0.3, -0.25) is 19.3 Å². The molecule has 0 bridgehead atoms. The van der Waals surface area contributed by atoms with Crippen LogP contribution in [-0.2, 0) is 11.8 Å². The van der Waals surface area contributed by atoms with Crippen LogP contribution in [0.4, 0.5) is 11.6 Å². The molecule has 5 rings (SSSR count). The van der Waals surface area contributed by atoms with Gasteiger partial charge in [-0.1, -0.05) is 0 Å². The predicted molar refractivity (Wildman–Crippen MR) is 111 cm³/mol. The summed E-state index contributed by atoms with van der Waals surface area (Å²) in [6.45, 7) is 6.32. The fourth-order valence-corrected chi connectivity index (χ4v) is 4.61. The van der Waals surface area contributed by atoms with E-state index < -0.39 is 0 Å². The Morgan fingerprint density at radius 1 is 1.07 bits per heavy atom. The Morgan fingerprint density at radius 2 is 1.86 bits per heavy atom. The van der Waals surface area contributed by atoms with Gasteiger partial charge in [0.2, 0.25) is 5.91 Å². The number of amides is 1. The minimum Gasteiger partial charge on any atom is -0.354 e. The molecule has 3 aliphatic rings. The molecular formula is C21H29N7O. The van der Waals surface area contributed by atoms with Crippen LogP contribution in [0.15, 0.2) is 18.3 Å². The Kier molecular flexibility index (Phi) is 4.73. The van der Waals surface area contributed by atoms with Crippen LogP contribution in [0, 0.1) is 6.92 Å². The SMILES string of the molecule is Cc1cc(N2CCCC(N3CCN(c4ccnc(C5CC5)n4)CC3)C2=O)n(C)n1. The lowest BCUT2D eigenvalue weighted by atomic mass is 10.0. The summed E-state index contributed by atoms with van der Waals surface area (Å²) < 4.78 is 1.82. The lowest BCUT2D eigenvalue weighted by molar-refractivity contribution is -0.125. The lowest BCUT2D eigenvalue weighted by Crippen LogP contribution is -2.58. The first-order valence-corrected chi connectivity index (χ1v) is 10.7. The Hall–Kier alpha value is -2.48. The third kappa shape index (κ3) is 3.61. The second-order valence-electron chi connectivity index (χ2n) is 8.49. The quantitative estimate of drug-likeness (QED) is 0.785. The van der Waals surface area contributed by atoms with Gasteiger partial charge in [0.15, 0.2) is 0 Å². The van der Waals surface area contributed by atoms with E-state index in [1.54, 1.807) is 0 Å². The van der Waals surface area contributed by atoms with Gasteiger partial charge in [-0.2, -0.15) is 5.10 Å². The Balaban J connectivity index is 1.25. The van der Waals surface area contributed by atoms with Crippen molar-refractivity contribution in [2.24, 2.45) is 7.05 Å². The minimum absolute atomic E-state index is 0.0338. The summed E-state index contributed by atoms with van der Waals surface area (Å²) in [7, 11) is 1.91. The third-order valence-corrected chi connectivity index (χ3v) is 6.35. The zero-order valence-corrected chi connectivity index (χ0v) is 17.3. The minimum atomic E-state index is -0.0338. The summed E-state index contributed by atoms with van der Waals surface area (Å²) >= 11 is 0. The molecule has 1 unspecified atom stereocenters. The second kappa shape index (κ2) is 7.40. The van der Waals surface area contributed by atoms with Crippen molar-refractivity contribution in [3.8, 4) is 0 Å². The first kappa shape index (κ1) is 18.5. The van der Waals surface area contributed by atoms with Gasteiger partial charge >= 0.3 is 0 Å². The maximum atomic E-state index is 13.3. The fraction of sp³-hybridized carbons (Fsp3) is 0.619. The number of carbonyl (C=O) groups is 1. The van der Waals surface area contributed by atoms with Gasteiger partial charge in [0.05, 0.1) is 11.7 Å². The van der Waals surface area contributed by atoms with Gasteiger partial charge in [-0.15, -0.1) is 0 Å². The molecule has 29 heavy (non-hydrogen) atoms. The van der Waals surface area contributed by atoms with E-state index in [0.717, 1.165) is 68.7 Å². The van der Waals surface area contributed by atoms with Crippen molar-refractivity contribution >= 4 is 17.5 Å². The largest absolute Gasteiger partial charge is 0.354 e. The van der Waals surface area contributed by atoms with Gasteiger partial charge in [0, 0.05) is 58.0 Å². The van der Waals surface area contributed by atoms with Crippen molar-refractivity contribution in [1.82, 2.24) is 24.6 Å². The van der Waals surface area contributed by atoms with Crippen LogP contribution in [0.1, 0.15) is 43.1 Å². The van der Waals surface area contributed by atoms with Crippen LogP contribution in [0.2, 0.25) is 0 Å². The molecule has 1 aliphatic carbocycles. The molecule has 3 fully saturated rings. The van der Waals surface area contributed by atoms with Crippen molar-refractivity contribution in [3.05, 3.63) is 29.8 Å². The molecule has 2 aromatic rings. The number of piperidine rings is 1. The predicted octanol–water partition coefficient (Wildman–Crippen LogP) is 1.71. The van der Waals surface area contributed by atoms with Crippen LogP contribution in [0.3, 0.4) is 0 Å². The molecule has 8 nitrogen and oxygen atoms in total. The lowest BCUT2D eigenvalue weighted by Gasteiger charge is -2.42. The standard InChI is InChI=1S/C21H29N7O/c1-15-14-19(25(2)24-15)28-9-3-4-17(21(28)29)26-10-12-27(13-11-26)18-7-8-22-20(23-18)16-5-6-16/h7-8,14,16-17H,3-6,9-13H2,1-2H3. The second-order valence-corrected chi connectivity index (χ2v) is 8.49. The first-order chi connectivity index (χ1) is 14.1. The molecule has 8 heteroatoms. The number of piperazine rings is 1. The fourth-order valence-electron chi connectivity index (χ4n) is 4.61. The number of carbonyl (C=O) groups excluding carboxylic acids is 1. The van der Waals surface area contributed by atoms with E-state index in [1.165, 1.54) is 12.8 Å². The van der Waals surface area contributed by atoms with Crippen LogP contribution >= 0.6 is 0 Å². The Morgan fingerprint density at radius 3 is 2.55 bits per heavy atom. The molecule has 0 N–H and O–H groups in total. The zero-order valence-electron chi connectivity index (χ0n) is 17.3. The number of nitrogens with zero attached hydrogens (tertiary/aromatic N) is 7. The van der Waals surface area contributed by atoms with Crippen LogP contribution in [-0.4, -0.2) is 69.3 Å². The first-order valence-electron chi connectivity index (χ1n) is 10.7. The molecule has 0 radical (unpaired) electrons. The molecule has 4 heterocycles. The number of anilines is 2. The Bertz CT molecular complexity index is 898. The number of hydrogen-bond acceptors (Lipinski definition) is 6. The van der Waals surface area contributed by atoms with E-state index in [4.69, 9.17) is 4.98 Å². The maximum Gasteiger partial charge on any atom is 0.245 e. The molecule has 1 amide bonds. The summed E-state index contributed by atoms with van der Waals surface area (Å²) in [6, 6.07) is 3.98. The van der Waals surface area contributed by atoms with Gasteiger partial charge in [-0.25, -0.2) is 9.97 Å². The van der Waals surface area contributed by atoms with E-state index >= 15 is 0 Å². The number of rotatable bonds is 4. The van der Waals surface area contributed by atoms with E-state index in [1.807, 2.05) is 41.9 Å². The maximum absolute atomic E-state index is 13.3. The average molecular weight is 396 g/mol. The highest BCUT2D eigenvalue weighted by molar-refractivity contribution is 5.97. The van der Waals surface area contributed by atoms with Gasteiger partial charge < -0.3 is 4.90 Å². The normalized spacial score (nSPS) is 23.7. The molecule has 2 aromatic heterocycles. The number of hydrogen-bond donors (Lipinski definition) is 0. The molecule has 1 saturated carbocycles. The Labute approximate surface area is 171 Å². The van der Waals surface area contributed by atoms with E-state index in [-0.39, 0.29) is 11.9 Å². The third-order valence-electron chi connectivity index (χ3n) is 6.35. The van der Waals surface area contributed by atoms with Crippen LogP contribution in [0.5, 0.6) is 0 Å². The summed E-state index contributed by atoms with van der Waals surface area (Å²) in [6.07, 6.45) is 6.28. The van der Waals surface area contributed by atoms with Crippen molar-refractivity contribution in [1.29, 1.82) is 0 Å². The molecule has 0 aromatic carbocycles. The topological polar surface area (TPSA) is 70.4 Å². The smallest absolute Gasteiger partial charge is 0.245 e. The number of aryl methyl sites for hydroxylation is 2. The van der Waals surface area contributed by atoms with Crippen molar-refractivity contribution in [2.45, 2.75) is 44.6 Å². The average Bonchev–Trinajstić information content (AvgIpc) is 3.53. The highest BCUT2D eigenvalue weighted by atomic mass is 16.2. The summed E-state index contributed by atoms with van der Waals surface area (Å²) in [5.74, 6) is 3.71. The highest BCUT2D eigenvalue weighted by Gasteiger charge is 2.36. The van der Waals surface area contributed by atoms with E-state index in [2.05, 4.69) is 19.9 Å². The van der Waals surface area contributed by atoms with Gasteiger partial charge in [0.1, 0.15) is 17.5 Å².